The minimum atomic E-state index is -0.786. The molecular formula is C14H13N3O6. The molecule has 1 heterocycles. The summed E-state index contributed by atoms with van der Waals surface area (Å²) in [5.41, 5.74) is -0.311. The maximum atomic E-state index is 12.1. The minimum absolute atomic E-state index is 0.189. The van der Waals surface area contributed by atoms with Crippen molar-refractivity contribution >= 4 is 29.6 Å². The molecule has 1 saturated heterocycles. The highest BCUT2D eigenvalue weighted by atomic mass is 16.6. The fourth-order valence-electron chi connectivity index (χ4n) is 2.08. The summed E-state index contributed by atoms with van der Waals surface area (Å²) in [4.78, 5) is 47.8. The van der Waals surface area contributed by atoms with Crippen LogP contribution in [0.4, 0.5) is 10.5 Å². The van der Waals surface area contributed by atoms with Crippen molar-refractivity contribution in [1.29, 1.82) is 0 Å². The van der Waals surface area contributed by atoms with Crippen molar-refractivity contribution < 1.29 is 24.0 Å². The van der Waals surface area contributed by atoms with Crippen molar-refractivity contribution in [1.82, 2.24) is 9.80 Å². The number of methoxy groups -OCH3 is 1. The minimum Gasteiger partial charge on any atom is -0.496 e. The molecule has 0 aromatic heterocycles. The highest BCUT2D eigenvalue weighted by Crippen LogP contribution is 2.27. The fraction of sp³-hybridized carbons (Fsp3) is 0.214. The molecule has 23 heavy (non-hydrogen) atoms. The third-order valence-electron chi connectivity index (χ3n) is 3.37. The lowest BCUT2D eigenvalue weighted by atomic mass is 10.1. The van der Waals surface area contributed by atoms with Gasteiger partial charge in [0.2, 0.25) is 0 Å². The number of barbiturate groups is 1. The molecule has 0 atom stereocenters. The smallest absolute Gasteiger partial charge is 0.333 e. The number of non-ortho nitro benzene ring substituents is 1. The van der Waals surface area contributed by atoms with E-state index in [9.17, 15) is 24.5 Å². The largest absolute Gasteiger partial charge is 0.496 e. The van der Waals surface area contributed by atoms with E-state index in [4.69, 9.17) is 4.74 Å². The van der Waals surface area contributed by atoms with E-state index in [0.717, 1.165) is 9.80 Å². The van der Waals surface area contributed by atoms with Gasteiger partial charge in [0.05, 0.1) is 12.0 Å². The molecule has 0 spiro atoms. The standard InChI is InChI=1S/C14H13N3O6/c1-15-12(18)10(13(19)16(2)14(15)20)7-8-6-9(17(21)22)4-5-11(8)23-3/h4-7H,1-3H3. The van der Waals surface area contributed by atoms with Crippen LogP contribution in [-0.2, 0) is 9.59 Å². The van der Waals surface area contributed by atoms with E-state index in [1.54, 1.807) is 0 Å². The average Bonchev–Trinajstić information content (AvgIpc) is 2.54. The summed E-state index contributed by atoms with van der Waals surface area (Å²) >= 11 is 0. The van der Waals surface area contributed by atoms with Crippen LogP contribution in [-0.4, -0.2) is 53.8 Å². The van der Waals surface area contributed by atoms with E-state index in [2.05, 4.69) is 0 Å². The molecule has 1 aromatic rings. The van der Waals surface area contributed by atoms with Gasteiger partial charge in [0.25, 0.3) is 17.5 Å². The highest BCUT2D eigenvalue weighted by Gasteiger charge is 2.38. The molecule has 1 aliphatic rings. The van der Waals surface area contributed by atoms with Crippen LogP contribution in [0.25, 0.3) is 6.08 Å². The molecule has 2 rings (SSSR count). The van der Waals surface area contributed by atoms with Crippen LogP contribution in [0.3, 0.4) is 0 Å². The number of imide groups is 2. The molecule has 1 aliphatic heterocycles. The monoisotopic (exact) mass is 319 g/mol. The second-order valence-corrected chi connectivity index (χ2v) is 4.75. The number of rotatable bonds is 3. The highest BCUT2D eigenvalue weighted by molar-refractivity contribution is 6.30. The van der Waals surface area contributed by atoms with Gasteiger partial charge in [0.1, 0.15) is 11.3 Å². The zero-order valence-corrected chi connectivity index (χ0v) is 12.6. The Bertz CT molecular complexity index is 729. The average molecular weight is 319 g/mol. The van der Waals surface area contributed by atoms with Gasteiger partial charge in [-0.3, -0.25) is 29.5 Å². The molecule has 1 fully saturated rings. The van der Waals surface area contributed by atoms with Crippen LogP contribution in [0.5, 0.6) is 5.75 Å². The molecule has 9 heteroatoms. The molecule has 4 amide bonds. The predicted octanol–water partition coefficient (Wildman–Crippen LogP) is 1.04. The number of likely N-dealkylation sites (N-methyl/N-ethyl adjacent to an activating group) is 2. The Labute approximate surface area is 130 Å². The number of urea groups is 1. The van der Waals surface area contributed by atoms with Crippen LogP contribution in [0.15, 0.2) is 23.8 Å². The molecule has 9 nitrogen and oxygen atoms in total. The summed E-state index contributed by atoms with van der Waals surface area (Å²) < 4.78 is 5.08. The lowest BCUT2D eigenvalue weighted by Gasteiger charge is -2.28. The van der Waals surface area contributed by atoms with E-state index < -0.39 is 22.8 Å². The first-order chi connectivity index (χ1) is 10.8. The number of amides is 4. The normalized spacial score (nSPS) is 15.1. The second-order valence-electron chi connectivity index (χ2n) is 4.75. The Morgan fingerprint density at radius 1 is 1.13 bits per heavy atom. The lowest BCUT2D eigenvalue weighted by Crippen LogP contribution is -2.52. The van der Waals surface area contributed by atoms with Gasteiger partial charge in [-0.25, -0.2) is 4.79 Å². The van der Waals surface area contributed by atoms with Gasteiger partial charge in [-0.1, -0.05) is 0 Å². The van der Waals surface area contributed by atoms with Gasteiger partial charge < -0.3 is 4.74 Å². The predicted molar refractivity (Wildman–Crippen MR) is 78.6 cm³/mol. The zero-order chi connectivity index (χ0) is 17.3. The first kappa shape index (κ1) is 16.1. The Kier molecular flexibility index (Phi) is 4.12. The second kappa shape index (κ2) is 5.87. The number of benzene rings is 1. The van der Waals surface area contributed by atoms with Crippen molar-refractivity contribution in [3.8, 4) is 5.75 Å². The van der Waals surface area contributed by atoms with Gasteiger partial charge in [0.15, 0.2) is 0 Å². The van der Waals surface area contributed by atoms with E-state index in [1.807, 2.05) is 0 Å². The number of carbonyl (C=O) groups is 3. The van der Waals surface area contributed by atoms with Crippen LogP contribution in [0, 0.1) is 10.1 Å². The number of nitro benzene ring substituents is 1. The maximum Gasteiger partial charge on any atom is 0.333 e. The molecule has 120 valence electrons. The number of nitro groups is 1. The first-order valence-corrected chi connectivity index (χ1v) is 6.42. The Balaban J connectivity index is 2.57. The van der Waals surface area contributed by atoms with Gasteiger partial charge in [0, 0.05) is 31.8 Å². The van der Waals surface area contributed by atoms with Crippen LogP contribution in [0.1, 0.15) is 5.56 Å². The van der Waals surface area contributed by atoms with Crippen molar-refractivity contribution in [2.24, 2.45) is 0 Å². The van der Waals surface area contributed by atoms with E-state index in [0.29, 0.717) is 0 Å². The molecular weight excluding hydrogens is 306 g/mol. The molecule has 0 aliphatic carbocycles. The number of ether oxygens (including phenoxy) is 1. The Morgan fingerprint density at radius 2 is 1.70 bits per heavy atom. The molecule has 1 aromatic carbocycles. The van der Waals surface area contributed by atoms with Crippen molar-refractivity contribution in [2.45, 2.75) is 0 Å². The molecule has 0 radical (unpaired) electrons. The van der Waals surface area contributed by atoms with Crippen molar-refractivity contribution in [3.05, 3.63) is 39.4 Å². The summed E-state index contributed by atoms with van der Waals surface area (Å²) in [6.07, 6.45) is 1.18. The quantitative estimate of drug-likeness (QED) is 0.356. The topological polar surface area (TPSA) is 110 Å². The van der Waals surface area contributed by atoms with E-state index in [1.165, 1.54) is 45.5 Å². The summed E-state index contributed by atoms with van der Waals surface area (Å²) in [5.74, 6) is -1.32. The molecule has 0 bridgehead atoms. The van der Waals surface area contributed by atoms with Crippen molar-refractivity contribution in [2.75, 3.05) is 21.2 Å². The first-order valence-electron chi connectivity index (χ1n) is 6.42. The third-order valence-corrected chi connectivity index (χ3v) is 3.37. The van der Waals surface area contributed by atoms with Gasteiger partial charge in [-0.05, 0) is 12.1 Å². The number of carbonyl (C=O) groups excluding carboxylic acids is 3. The zero-order valence-electron chi connectivity index (χ0n) is 12.6. The number of hydrogen-bond donors (Lipinski definition) is 0. The Hall–Kier alpha value is -3.23. The summed E-state index contributed by atoms with van der Waals surface area (Å²) in [6, 6.07) is 3.04. The van der Waals surface area contributed by atoms with Gasteiger partial charge in [-0.15, -0.1) is 0 Å². The fourth-order valence-corrected chi connectivity index (χ4v) is 2.08. The molecule has 0 unspecified atom stereocenters. The van der Waals surface area contributed by atoms with Crippen LogP contribution >= 0.6 is 0 Å². The summed E-state index contributed by atoms with van der Waals surface area (Å²) in [6.45, 7) is 0. The lowest BCUT2D eigenvalue weighted by molar-refractivity contribution is -0.384. The Morgan fingerprint density at radius 3 is 2.17 bits per heavy atom. The summed E-state index contributed by atoms with van der Waals surface area (Å²) in [5, 5.41) is 10.9. The molecule has 0 saturated carbocycles. The van der Waals surface area contributed by atoms with Gasteiger partial charge >= 0.3 is 6.03 Å². The van der Waals surface area contributed by atoms with Crippen LogP contribution in [0.2, 0.25) is 0 Å². The molecule has 0 N–H and O–H groups in total. The van der Waals surface area contributed by atoms with Crippen LogP contribution < -0.4 is 4.74 Å². The summed E-state index contributed by atoms with van der Waals surface area (Å²) in [7, 11) is 3.84. The van der Waals surface area contributed by atoms with Gasteiger partial charge in [-0.2, -0.15) is 0 Å². The maximum absolute atomic E-state index is 12.1. The SMILES string of the molecule is COc1ccc([N+](=O)[O-])cc1C=C1C(=O)N(C)C(=O)N(C)C1=O. The number of nitrogens with zero attached hydrogens (tertiary/aromatic N) is 3. The number of hydrogen-bond acceptors (Lipinski definition) is 6. The van der Waals surface area contributed by atoms with Crippen molar-refractivity contribution in [3.63, 3.8) is 0 Å². The van der Waals surface area contributed by atoms with E-state index >= 15 is 0 Å². The van der Waals surface area contributed by atoms with E-state index in [-0.39, 0.29) is 22.6 Å². The third kappa shape index (κ3) is 2.76.